The number of nitrogens with zero attached hydrogens (tertiary/aromatic N) is 1. The van der Waals surface area contributed by atoms with Gasteiger partial charge in [-0.05, 0) is 25.5 Å². The second kappa shape index (κ2) is 6.26. The molecule has 1 N–H and O–H groups in total. The van der Waals surface area contributed by atoms with E-state index in [2.05, 4.69) is 5.32 Å². The molecule has 0 aliphatic carbocycles. The van der Waals surface area contributed by atoms with Gasteiger partial charge in [0.05, 0.1) is 6.54 Å². The summed E-state index contributed by atoms with van der Waals surface area (Å²) in [5.41, 5.74) is -0.479. The number of benzene rings is 1. The fourth-order valence-electron chi connectivity index (χ4n) is 2.55. The van der Waals surface area contributed by atoms with E-state index >= 15 is 0 Å². The zero-order chi connectivity index (χ0) is 16.4. The first-order valence-corrected chi connectivity index (χ1v) is 6.96. The molecule has 1 saturated heterocycles. The topological polar surface area (TPSA) is 41.6 Å². The SMILES string of the molecule is COC1(C(F)(F)F)CCN(CC(=O)Nc2ccc(C)cc2)C1. The number of methoxy groups -OCH3 is 1. The second-order valence-corrected chi connectivity index (χ2v) is 5.57. The lowest BCUT2D eigenvalue weighted by Gasteiger charge is -2.30. The monoisotopic (exact) mass is 316 g/mol. The Kier molecular flexibility index (Phi) is 4.77. The maximum absolute atomic E-state index is 13.1. The largest absolute Gasteiger partial charge is 0.418 e. The van der Waals surface area contributed by atoms with Gasteiger partial charge < -0.3 is 10.1 Å². The first kappa shape index (κ1) is 16.8. The number of carbonyl (C=O) groups is 1. The third-order valence-corrected chi connectivity index (χ3v) is 3.92. The number of carbonyl (C=O) groups excluding carboxylic acids is 1. The Balaban J connectivity index is 1.92. The fraction of sp³-hybridized carbons (Fsp3) is 0.533. The highest BCUT2D eigenvalue weighted by molar-refractivity contribution is 5.92. The summed E-state index contributed by atoms with van der Waals surface area (Å²) in [5.74, 6) is -0.335. The predicted octanol–water partition coefficient (Wildman–Crippen LogP) is 2.59. The van der Waals surface area contributed by atoms with Gasteiger partial charge in [-0.1, -0.05) is 17.7 Å². The highest BCUT2D eigenvalue weighted by atomic mass is 19.4. The van der Waals surface area contributed by atoms with Crippen LogP contribution in [-0.4, -0.2) is 49.3 Å². The van der Waals surface area contributed by atoms with Crippen LogP contribution >= 0.6 is 0 Å². The van der Waals surface area contributed by atoms with E-state index in [1.54, 1.807) is 12.1 Å². The number of nitrogens with one attached hydrogen (secondary N) is 1. The number of aryl methyl sites for hydroxylation is 1. The quantitative estimate of drug-likeness (QED) is 0.928. The van der Waals surface area contributed by atoms with E-state index < -0.39 is 11.8 Å². The Bertz CT molecular complexity index is 531. The molecule has 1 aliphatic heterocycles. The molecule has 0 radical (unpaired) electrons. The van der Waals surface area contributed by atoms with Crippen molar-refractivity contribution in [3.05, 3.63) is 29.8 Å². The molecule has 22 heavy (non-hydrogen) atoms. The van der Waals surface area contributed by atoms with Gasteiger partial charge in [0.2, 0.25) is 5.91 Å². The zero-order valence-electron chi connectivity index (χ0n) is 12.5. The van der Waals surface area contributed by atoms with E-state index in [9.17, 15) is 18.0 Å². The van der Waals surface area contributed by atoms with E-state index in [0.717, 1.165) is 12.7 Å². The highest BCUT2D eigenvalue weighted by Gasteiger charge is 2.58. The van der Waals surface area contributed by atoms with Crippen LogP contribution in [0, 0.1) is 6.92 Å². The number of alkyl halides is 3. The van der Waals surface area contributed by atoms with Gasteiger partial charge in [-0.25, -0.2) is 0 Å². The van der Waals surface area contributed by atoms with E-state index in [1.165, 1.54) is 4.90 Å². The number of rotatable bonds is 4. The minimum atomic E-state index is -4.44. The Labute approximate surface area is 127 Å². The molecule has 7 heteroatoms. The van der Waals surface area contributed by atoms with Crippen molar-refractivity contribution < 1.29 is 22.7 Å². The molecule has 1 amide bonds. The van der Waals surface area contributed by atoms with E-state index in [0.29, 0.717) is 5.69 Å². The summed E-state index contributed by atoms with van der Waals surface area (Å²) in [5, 5.41) is 2.68. The minimum absolute atomic E-state index is 0.0882. The summed E-state index contributed by atoms with van der Waals surface area (Å²) < 4.78 is 43.9. The Morgan fingerprint density at radius 2 is 2.00 bits per heavy atom. The van der Waals surface area contributed by atoms with Crippen molar-refractivity contribution in [2.45, 2.75) is 25.1 Å². The van der Waals surface area contributed by atoms with Crippen LogP contribution in [0.4, 0.5) is 18.9 Å². The van der Waals surface area contributed by atoms with Gasteiger partial charge in [0.25, 0.3) is 0 Å². The lowest BCUT2D eigenvalue weighted by molar-refractivity contribution is -0.263. The molecule has 122 valence electrons. The van der Waals surface area contributed by atoms with Crippen LogP contribution in [0.5, 0.6) is 0 Å². The van der Waals surface area contributed by atoms with Crippen LogP contribution in [0.2, 0.25) is 0 Å². The summed E-state index contributed by atoms with van der Waals surface area (Å²) in [6, 6.07) is 7.22. The standard InChI is InChI=1S/C15H19F3N2O2/c1-11-3-5-12(6-4-11)19-13(21)9-20-8-7-14(10-20,22-2)15(16,17)18/h3-6H,7-10H2,1-2H3,(H,19,21). The van der Waals surface area contributed by atoms with Crippen molar-refractivity contribution in [2.24, 2.45) is 0 Å². The number of hydrogen-bond acceptors (Lipinski definition) is 3. The molecular weight excluding hydrogens is 297 g/mol. The van der Waals surface area contributed by atoms with Crippen LogP contribution in [-0.2, 0) is 9.53 Å². The molecule has 1 unspecified atom stereocenters. The average Bonchev–Trinajstić information content (AvgIpc) is 2.85. The third kappa shape index (κ3) is 3.59. The smallest absolute Gasteiger partial charge is 0.367 e. The number of anilines is 1. The van der Waals surface area contributed by atoms with Gasteiger partial charge in [-0.3, -0.25) is 9.69 Å². The van der Waals surface area contributed by atoms with Gasteiger partial charge in [0, 0.05) is 25.9 Å². The molecule has 1 heterocycles. The van der Waals surface area contributed by atoms with Crippen LogP contribution in [0.3, 0.4) is 0 Å². The molecule has 0 aromatic heterocycles. The Morgan fingerprint density at radius 3 is 2.50 bits per heavy atom. The van der Waals surface area contributed by atoms with Crippen LogP contribution in [0.1, 0.15) is 12.0 Å². The maximum Gasteiger partial charge on any atom is 0.418 e. The normalized spacial score (nSPS) is 22.8. The molecule has 0 spiro atoms. The number of ether oxygens (including phenoxy) is 1. The van der Waals surface area contributed by atoms with Crippen molar-refractivity contribution in [1.29, 1.82) is 0 Å². The summed E-state index contributed by atoms with van der Waals surface area (Å²) in [6.07, 6.45) is -4.60. The first-order chi connectivity index (χ1) is 10.3. The van der Waals surface area contributed by atoms with Crippen molar-refractivity contribution in [2.75, 3.05) is 32.1 Å². The van der Waals surface area contributed by atoms with Crippen molar-refractivity contribution >= 4 is 11.6 Å². The molecule has 4 nitrogen and oxygen atoms in total. The fourth-order valence-corrected chi connectivity index (χ4v) is 2.55. The van der Waals surface area contributed by atoms with E-state index in [-0.39, 0.29) is 32.0 Å². The van der Waals surface area contributed by atoms with Crippen molar-refractivity contribution in [3.63, 3.8) is 0 Å². The molecule has 1 aromatic carbocycles. The van der Waals surface area contributed by atoms with Crippen LogP contribution in [0.25, 0.3) is 0 Å². The average molecular weight is 316 g/mol. The highest BCUT2D eigenvalue weighted by Crippen LogP contribution is 2.40. The molecule has 0 saturated carbocycles. The summed E-state index contributed by atoms with van der Waals surface area (Å²) in [6.45, 7) is 1.69. The molecule has 1 atom stereocenters. The summed E-state index contributed by atoms with van der Waals surface area (Å²) in [7, 11) is 1.06. The molecule has 0 bridgehead atoms. The number of hydrogen-bond donors (Lipinski definition) is 1. The lowest BCUT2D eigenvalue weighted by Crippen LogP contribution is -2.49. The lowest BCUT2D eigenvalue weighted by atomic mass is 10.0. The summed E-state index contributed by atoms with van der Waals surface area (Å²) >= 11 is 0. The second-order valence-electron chi connectivity index (χ2n) is 5.57. The molecule has 1 aromatic rings. The van der Waals surface area contributed by atoms with Gasteiger partial charge in [-0.15, -0.1) is 0 Å². The molecule has 2 rings (SSSR count). The van der Waals surface area contributed by atoms with Crippen molar-refractivity contribution in [1.82, 2.24) is 4.90 Å². The van der Waals surface area contributed by atoms with Gasteiger partial charge in [0.15, 0.2) is 5.60 Å². The van der Waals surface area contributed by atoms with Crippen LogP contribution < -0.4 is 5.32 Å². The maximum atomic E-state index is 13.1. The Hall–Kier alpha value is -1.60. The first-order valence-electron chi connectivity index (χ1n) is 6.96. The molecule has 1 aliphatic rings. The van der Waals surface area contributed by atoms with Crippen LogP contribution in [0.15, 0.2) is 24.3 Å². The van der Waals surface area contributed by atoms with Gasteiger partial charge in [-0.2, -0.15) is 13.2 Å². The minimum Gasteiger partial charge on any atom is -0.367 e. The van der Waals surface area contributed by atoms with Gasteiger partial charge >= 0.3 is 6.18 Å². The number of amides is 1. The van der Waals surface area contributed by atoms with Gasteiger partial charge in [0.1, 0.15) is 0 Å². The summed E-state index contributed by atoms with van der Waals surface area (Å²) in [4.78, 5) is 13.4. The van der Waals surface area contributed by atoms with E-state index in [1.807, 2.05) is 19.1 Å². The number of halogens is 3. The zero-order valence-corrected chi connectivity index (χ0v) is 12.5. The molecular formula is C15H19F3N2O2. The number of likely N-dealkylation sites (tertiary alicyclic amines) is 1. The predicted molar refractivity (Wildman–Crippen MR) is 76.7 cm³/mol. The third-order valence-electron chi connectivity index (χ3n) is 3.92. The van der Waals surface area contributed by atoms with Crippen molar-refractivity contribution in [3.8, 4) is 0 Å². The van der Waals surface area contributed by atoms with E-state index in [4.69, 9.17) is 4.74 Å². The Morgan fingerprint density at radius 1 is 1.36 bits per heavy atom. The molecule has 1 fully saturated rings.